The molecule has 18 heavy (non-hydrogen) atoms. The molecule has 0 atom stereocenters. The van der Waals surface area contributed by atoms with Gasteiger partial charge in [0.15, 0.2) is 0 Å². The molecule has 3 nitrogen and oxygen atoms in total. The molecule has 0 aliphatic carbocycles. The van der Waals surface area contributed by atoms with Crippen molar-refractivity contribution in [3.05, 3.63) is 48.1 Å². The fraction of sp³-hybridized carbons (Fsp3) is 0.267. The summed E-state index contributed by atoms with van der Waals surface area (Å²) >= 11 is 0. The lowest BCUT2D eigenvalue weighted by molar-refractivity contribution is -0.131. The zero-order valence-corrected chi connectivity index (χ0v) is 10.6. The van der Waals surface area contributed by atoms with E-state index in [2.05, 4.69) is 6.58 Å². The summed E-state index contributed by atoms with van der Waals surface area (Å²) in [6.45, 7) is 6.21. The quantitative estimate of drug-likeness (QED) is 0.455. The van der Waals surface area contributed by atoms with Crippen LogP contribution in [-0.2, 0) is 4.79 Å². The number of aryl methyl sites for hydroxylation is 1. The van der Waals surface area contributed by atoms with Gasteiger partial charge in [-0.05, 0) is 38.0 Å². The molecular weight excluding hydrogens is 228 g/mol. The van der Waals surface area contributed by atoms with Gasteiger partial charge in [0.1, 0.15) is 5.75 Å². The van der Waals surface area contributed by atoms with Crippen LogP contribution in [0.4, 0.5) is 0 Å². The van der Waals surface area contributed by atoms with Crippen molar-refractivity contribution < 1.29 is 14.6 Å². The van der Waals surface area contributed by atoms with Crippen LogP contribution in [0.1, 0.15) is 24.0 Å². The van der Waals surface area contributed by atoms with Crippen molar-refractivity contribution in [3.63, 3.8) is 0 Å². The van der Waals surface area contributed by atoms with Crippen LogP contribution in [0.3, 0.4) is 0 Å². The fourth-order valence-corrected chi connectivity index (χ4v) is 1.50. The zero-order chi connectivity index (χ0) is 13.4. The molecule has 3 heteroatoms. The molecule has 0 radical (unpaired) electrons. The van der Waals surface area contributed by atoms with Crippen molar-refractivity contribution >= 4 is 12.0 Å². The normalized spacial score (nSPS) is 10.5. The molecular formula is C15H18O3. The van der Waals surface area contributed by atoms with Crippen molar-refractivity contribution in [2.75, 3.05) is 6.61 Å². The van der Waals surface area contributed by atoms with Gasteiger partial charge in [-0.25, -0.2) is 4.79 Å². The highest BCUT2D eigenvalue weighted by molar-refractivity contribution is 5.85. The first kappa shape index (κ1) is 14.0. The number of hydrogen-bond donors (Lipinski definition) is 1. The van der Waals surface area contributed by atoms with Gasteiger partial charge in [-0.3, -0.25) is 0 Å². The average molecular weight is 246 g/mol. The molecule has 0 bridgehead atoms. The van der Waals surface area contributed by atoms with E-state index in [0.29, 0.717) is 12.4 Å². The molecule has 0 amide bonds. The highest BCUT2D eigenvalue weighted by Crippen LogP contribution is 2.21. The third kappa shape index (κ3) is 4.87. The number of hydrogen-bond acceptors (Lipinski definition) is 2. The minimum absolute atomic E-state index is 0.600. The fourth-order valence-electron chi connectivity index (χ4n) is 1.50. The molecule has 0 fully saturated rings. The average Bonchev–Trinajstić information content (AvgIpc) is 2.34. The topological polar surface area (TPSA) is 46.5 Å². The van der Waals surface area contributed by atoms with E-state index in [0.717, 1.165) is 30.0 Å². The standard InChI is InChI=1S/C15H18O3/c1-3-4-5-10-18-14-8-6-12(2)11-13(14)7-9-15(16)17/h3,6-9,11H,1,4-5,10H2,2H3,(H,16,17). The lowest BCUT2D eigenvalue weighted by atomic mass is 10.1. The Morgan fingerprint density at radius 3 is 2.94 bits per heavy atom. The van der Waals surface area contributed by atoms with E-state index in [1.165, 1.54) is 0 Å². The van der Waals surface area contributed by atoms with Crippen LogP contribution in [0, 0.1) is 6.92 Å². The maximum atomic E-state index is 10.5. The van der Waals surface area contributed by atoms with Crippen LogP contribution >= 0.6 is 0 Å². The maximum absolute atomic E-state index is 10.5. The van der Waals surface area contributed by atoms with Gasteiger partial charge >= 0.3 is 5.97 Å². The Morgan fingerprint density at radius 2 is 2.28 bits per heavy atom. The molecule has 1 aromatic rings. The molecule has 1 rings (SSSR count). The Kier molecular flexibility index (Phi) is 5.71. The predicted octanol–water partition coefficient (Wildman–Crippen LogP) is 3.44. The lowest BCUT2D eigenvalue weighted by Gasteiger charge is -2.09. The Bertz CT molecular complexity index is 447. The molecule has 0 saturated heterocycles. The van der Waals surface area contributed by atoms with Crippen molar-refractivity contribution in [1.82, 2.24) is 0 Å². The first-order valence-electron chi connectivity index (χ1n) is 5.89. The Hall–Kier alpha value is -2.03. The largest absolute Gasteiger partial charge is 0.493 e. The summed E-state index contributed by atoms with van der Waals surface area (Å²) in [6, 6.07) is 5.72. The molecule has 0 heterocycles. The second kappa shape index (κ2) is 7.33. The number of aliphatic carboxylic acids is 1. The summed E-state index contributed by atoms with van der Waals surface area (Å²) in [5.74, 6) is -0.253. The van der Waals surface area contributed by atoms with Crippen molar-refractivity contribution in [2.24, 2.45) is 0 Å². The Balaban J connectivity index is 2.76. The van der Waals surface area contributed by atoms with Gasteiger partial charge in [-0.1, -0.05) is 17.7 Å². The van der Waals surface area contributed by atoms with E-state index >= 15 is 0 Å². The summed E-state index contributed by atoms with van der Waals surface area (Å²) in [4.78, 5) is 10.5. The van der Waals surface area contributed by atoms with Crippen molar-refractivity contribution in [2.45, 2.75) is 19.8 Å². The second-order valence-corrected chi connectivity index (χ2v) is 3.99. The van der Waals surface area contributed by atoms with E-state index in [1.54, 1.807) is 6.08 Å². The lowest BCUT2D eigenvalue weighted by Crippen LogP contribution is -1.98. The molecule has 0 aromatic heterocycles. The van der Waals surface area contributed by atoms with Crippen LogP contribution in [-0.4, -0.2) is 17.7 Å². The van der Waals surface area contributed by atoms with Gasteiger partial charge in [0.25, 0.3) is 0 Å². The monoisotopic (exact) mass is 246 g/mol. The first-order chi connectivity index (χ1) is 8.63. The first-order valence-corrected chi connectivity index (χ1v) is 5.89. The van der Waals surface area contributed by atoms with Gasteiger partial charge < -0.3 is 9.84 Å². The second-order valence-electron chi connectivity index (χ2n) is 3.99. The van der Waals surface area contributed by atoms with Gasteiger partial charge in [0.2, 0.25) is 0 Å². The number of carbonyl (C=O) groups is 1. The number of benzene rings is 1. The Morgan fingerprint density at radius 1 is 1.50 bits per heavy atom. The van der Waals surface area contributed by atoms with E-state index in [1.807, 2.05) is 31.2 Å². The smallest absolute Gasteiger partial charge is 0.328 e. The summed E-state index contributed by atoms with van der Waals surface area (Å²) in [6.07, 6.45) is 6.33. The number of rotatable bonds is 7. The van der Waals surface area contributed by atoms with E-state index in [4.69, 9.17) is 9.84 Å². The van der Waals surface area contributed by atoms with Gasteiger partial charge in [-0.15, -0.1) is 6.58 Å². The van der Waals surface area contributed by atoms with Crippen LogP contribution in [0.5, 0.6) is 5.75 Å². The highest BCUT2D eigenvalue weighted by atomic mass is 16.5. The highest BCUT2D eigenvalue weighted by Gasteiger charge is 2.02. The molecule has 0 aliphatic rings. The molecule has 1 N–H and O–H groups in total. The summed E-state index contributed by atoms with van der Waals surface area (Å²) < 4.78 is 5.63. The van der Waals surface area contributed by atoms with Gasteiger partial charge in [-0.2, -0.15) is 0 Å². The van der Waals surface area contributed by atoms with Crippen LogP contribution in [0.15, 0.2) is 36.9 Å². The zero-order valence-electron chi connectivity index (χ0n) is 10.6. The number of carboxylic acid groups (broad SMARTS) is 1. The molecule has 1 aromatic carbocycles. The third-order valence-electron chi connectivity index (χ3n) is 2.38. The number of allylic oxidation sites excluding steroid dienone is 1. The number of ether oxygens (including phenoxy) is 1. The molecule has 0 unspecified atom stereocenters. The SMILES string of the molecule is C=CCCCOc1ccc(C)cc1C=CC(=O)O. The molecule has 0 spiro atoms. The predicted molar refractivity (Wildman–Crippen MR) is 72.8 cm³/mol. The van der Waals surface area contributed by atoms with Gasteiger partial charge in [0.05, 0.1) is 6.61 Å². The summed E-state index contributed by atoms with van der Waals surface area (Å²) in [7, 11) is 0. The van der Waals surface area contributed by atoms with Crippen LogP contribution < -0.4 is 4.74 Å². The summed E-state index contributed by atoms with van der Waals surface area (Å²) in [5, 5.41) is 8.64. The van der Waals surface area contributed by atoms with E-state index < -0.39 is 5.97 Å². The van der Waals surface area contributed by atoms with E-state index in [-0.39, 0.29) is 0 Å². The van der Waals surface area contributed by atoms with Gasteiger partial charge in [0, 0.05) is 11.6 Å². The number of carboxylic acids is 1. The van der Waals surface area contributed by atoms with E-state index in [9.17, 15) is 4.79 Å². The summed E-state index contributed by atoms with van der Waals surface area (Å²) in [5.41, 5.74) is 1.86. The van der Waals surface area contributed by atoms with Crippen molar-refractivity contribution in [3.8, 4) is 5.75 Å². The minimum atomic E-state index is -0.964. The van der Waals surface area contributed by atoms with Crippen LogP contribution in [0.25, 0.3) is 6.08 Å². The molecule has 0 saturated carbocycles. The number of unbranched alkanes of at least 4 members (excludes halogenated alkanes) is 1. The Labute approximate surface area is 107 Å². The van der Waals surface area contributed by atoms with Crippen molar-refractivity contribution in [1.29, 1.82) is 0 Å². The van der Waals surface area contributed by atoms with Crippen LogP contribution in [0.2, 0.25) is 0 Å². The molecule has 96 valence electrons. The molecule has 0 aliphatic heterocycles. The third-order valence-corrected chi connectivity index (χ3v) is 2.38. The maximum Gasteiger partial charge on any atom is 0.328 e. The minimum Gasteiger partial charge on any atom is -0.493 e.